The molecule has 0 spiro atoms. The number of phenolic OH excluding ortho intramolecular Hbond substituents is 1. The van der Waals surface area contributed by atoms with E-state index in [1.165, 1.54) is 42.5 Å². The van der Waals surface area contributed by atoms with Crippen molar-refractivity contribution in [3.63, 3.8) is 0 Å². The lowest BCUT2D eigenvalue weighted by Gasteiger charge is -2.11. The number of carbonyl (C=O) groups excluding carboxylic acids is 1. The first-order valence-corrected chi connectivity index (χ1v) is 11.4. The van der Waals surface area contributed by atoms with Gasteiger partial charge in [-0.05, 0) is 60.7 Å². The van der Waals surface area contributed by atoms with Crippen LogP contribution in [0.5, 0.6) is 5.75 Å². The number of benzene rings is 3. The first-order valence-electron chi connectivity index (χ1n) is 8.54. The molecule has 0 aliphatic rings. The Bertz CT molecular complexity index is 1340. The standard InChI is InChI=1S/C19H17N3O7S2/c20-12-1-6-15(7-2-12)30(25,26)22-14-5-10-17(18(23)11-14)19(24)29-31(27,28)16-8-3-13(21)4-9-16/h1-11,22-23H,20-21H2. The van der Waals surface area contributed by atoms with Gasteiger partial charge in [-0.15, -0.1) is 0 Å². The third-order valence-corrected chi connectivity index (χ3v) is 6.63. The van der Waals surface area contributed by atoms with Crippen LogP contribution in [0.2, 0.25) is 0 Å². The van der Waals surface area contributed by atoms with E-state index >= 15 is 0 Å². The van der Waals surface area contributed by atoms with Crippen LogP contribution in [0.25, 0.3) is 0 Å². The Morgan fingerprint density at radius 1 is 0.806 bits per heavy atom. The summed E-state index contributed by atoms with van der Waals surface area (Å²) in [5, 5.41) is 10.1. The average Bonchev–Trinajstić information content (AvgIpc) is 2.68. The normalized spacial score (nSPS) is 11.6. The van der Waals surface area contributed by atoms with Gasteiger partial charge in [0.1, 0.15) is 16.2 Å². The Balaban J connectivity index is 1.79. The van der Waals surface area contributed by atoms with Crippen LogP contribution in [-0.4, -0.2) is 27.9 Å². The van der Waals surface area contributed by atoms with Crippen LogP contribution in [0.3, 0.4) is 0 Å². The first-order chi connectivity index (χ1) is 14.5. The smallest absolute Gasteiger partial charge is 0.357 e. The second kappa shape index (κ2) is 8.16. The molecule has 31 heavy (non-hydrogen) atoms. The molecule has 0 fully saturated rings. The number of carbonyl (C=O) groups is 1. The van der Waals surface area contributed by atoms with E-state index in [9.17, 15) is 26.7 Å². The number of nitrogens with two attached hydrogens (primary N) is 2. The largest absolute Gasteiger partial charge is 0.507 e. The van der Waals surface area contributed by atoms with E-state index in [-0.39, 0.29) is 15.5 Å². The molecule has 0 heterocycles. The minimum atomic E-state index is -4.46. The minimum absolute atomic E-state index is 0.0627. The summed E-state index contributed by atoms with van der Waals surface area (Å²) in [6, 6.07) is 13.5. The maximum Gasteiger partial charge on any atom is 0.357 e. The zero-order chi connectivity index (χ0) is 22.8. The van der Waals surface area contributed by atoms with Crippen molar-refractivity contribution in [2.75, 3.05) is 16.2 Å². The molecule has 0 atom stereocenters. The van der Waals surface area contributed by atoms with Gasteiger partial charge in [0.25, 0.3) is 10.0 Å². The number of aromatic hydroxyl groups is 1. The van der Waals surface area contributed by atoms with E-state index < -0.39 is 37.4 Å². The lowest BCUT2D eigenvalue weighted by Crippen LogP contribution is -2.15. The topological polar surface area (TPSA) is 179 Å². The fraction of sp³-hybridized carbons (Fsp3) is 0. The summed E-state index contributed by atoms with van der Waals surface area (Å²) < 4.78 is 56.0. The minimum Gasteiger partial charge on any atom is -0.507 e. The van der Waals surface area contributed by atoms with Crippen molar-refractivity contribution in [1.29, 1.82) is 0 Å². The van der Waals surface area contributed by atoms with Gasteiger partial charge in [0.15, 0.2) is 0 Å². The molecule has 12 heteroatoms. The fourth-order valence-corrected chi connectivity index (χ4v) is 4.36. The molecule has 0 amide bonds. The fourth-order valence-electron chi connectivity index (χ4n) is 2.46. The molecule has 3 aromatic carbocycles. The highest BCUT2D eigenvalue weighted by molar-refractivity contribution is 7.92. The van der Waals surface area contributed by atoms with E-state index in [1.54, 1.807) is 0 Å². The predicted molar refractivity (Wildman–Crippen MR) is 113 cm³/mol. The van der Waals surface area contributed by atoms with Crippen molar-refractivity contribution < 1.29 is 30.9 Å². The Morgan fingerprint density at radius 3 is 1.84 bits per heavy atom. The molecule has 3 rings (SSSR count). The average molecular weight is 463 g/mol. The molecule has 0 aliphatic carbocycles. The van der Waals surface area contributed by atoms with E-state index in [0.717, 1.165) is 24.3 Å². The third kappa shape index (κ3) is 5.05. The number of rotatable bonds is 6. The molecule has 0 unspecified atom stereocenters. The van der Waals surface area contributed by atoms with Gasteiger partial charge in [0, 0.05) is 17.4 Å². The van der Waals surface area contributed by atoms with Gasteiger partial charge < -0.3 is 20.8 Å². The van der Waals surface area contributed by atoms with Gasteiger partial charge in [-0.2, -0.15) is 8.42 Å². The van der Waals surface area contributed by atoms with Crippen molar-refractivity contribution in [1.82, 2.24) is 0 Å². The molecular weight excluding hydrogens is 446 g/mol. The maximum atomic E-state index is 12.4. The molecule has 0 saturated carbocycles. The maximum absolute atomic E-state index is 12.4. The van der Waals surface area contributed by atoms with Gasteiger partial charge in [-0.25, -0.2) is 13.2 Å². The summed E-state index contributed by atoms with van der Waals surface area (Å²) in [7, 11) is -8.44. The molecular formula is C19H17N3O7S2. The Labute approximate surface area is 178 Å². The lowest BCUT2D eigenvalue weighted by atomic mass is 10.2. The monoisotopic (exact) mass is 463 g/mol. The summed E-state index contributed by atoms with van der Waals surface area (Å²) in [6.45, 7) is 0. The summed E-state index contributed by atoms with van der Waals surface area (Å²) in [6.07, 6.45) is 0. The zero-order valence-corrected chi connectivity index (χ0v) is 17.4. The molecule has 0 aliphatic heterocycles. The highest BCUT2D eigenvalue weighted by Gasteiger charge is 2.24. The molecule has 0 aromatic heterocycles. The number of hydrogen-bond acceptors (Lipinski definition) is 9. The van der Waals surface area contributed by atoms with Crippen LogP contribution >= 0.6 is 0 Å². The van der Waals surface area contributed by atoms with Crippen LogP contribution in [0.1, 0.15) is 10.4 Å². The number of anilines is 3. The SMILES string of the molecule is Nc1ccc(S(=O)(=O)Nc2ccc(C(=O)OS(=O)(=O)c3ccc(N)cc3)c(O)c2)cc1. The Hall–Kier alpha value is -3.77. The number of nitrogen functional groups attached to an aromatic ring is 2. The molecule has 3 aromatic rings. The number of sulfonamides is 1. The van der Waals surface area contributed by atoms with Gasteiger partial charge in [0.05, 0.1) is 10.6 Å². The molecule has 0 radical (unpaired) electrons. The summed E-state index contributed by atoms with van der Waals surface area (Å²) in [5.74, 6) is -2.03. The van der Waals surface area contributed by atoms with E-state index in [2.05, 4.69) is 8.91 Å². The van der Waals surface area contributed by atoms with E-state index in [0.29, 0.717) is 11.4 Å². The lowest BCUT2D eigenvalue weighted by molar-refractivity contribution is 0.0743. The summed E-state index contributed by atoms with van der Waals surface area (Å²) in [4.78, 5) is 11.9. The van der Waals surface area contributed by atoms with Crippen molar-refractivity contribution in [2.24, 2.45) is 0 Å². The van der Waals surface area contributed by atoms with E-state index in [1.807, 2.05) is 0 Å². The Kier molecular flexibility index (Phi) is 5.77. The number of phenols is 1. The van der Waals surface area contributed by atoms with Crippen LogP contribution in [0.4, 0.5) is 17.1 Å². The van der Waals surface area contributed by atoms with Gasteiger partial charge in [-0.1, -0.05) is 0 Å². The van der Waals surface area contributed by atoms with Crippen molar-refractivity contribution in [3.8, 4) is 5.75 Å². The van der Waals surface area contributed by atoms with Gasteiger partial charge in [0.2, 0.25) is 0 Å². The summed E-state index contributed by atoms with van der Waals surface area (Å²) >= 11 is 0. The van der Waals surface area contributed by atoms with Gasteiger partial charge >= 0.3 is 16.1 Å². The first kappa shape index (κ1) is 21.9. The predicted octanol–water partition coefficient (Wildman–Crippen LogP) is 1.90. The zero-order valence-electron chi connectivity index (χ0n) is 15.7. The van der Waals surface area contributed by atoms with Crippen LogP contribution in [-0.2, 0) is 24.3 Å². The van der Waals surface area contributed by atoms with Crippen LogP contribution in [0, 0.1) is 0 Å². The van der Waals surface area contributed by atoms with Crippen LogP contribution in [0.15, 0.2) is 76.5 Å². The number of nitrogens with one attached hydrogen (secondary N) is 1. The van der Waals surface area contributed by atoms with Crippen molar-refractivity contribution >= 4 is 43.2 Å². The molecule has 162 valence electrons. The molecule has 0 bridgehead atoms. The van der Waals surface area contributed by atoms with E-state index in [4.69, 9.17) is 11.5 Å². The summed E-state index contributed by atoms with van der Waals surface area (Å²) in [5.41, 5.74) is 11.2. The van der Waals surface area contributed by atoms with Crippen molar-refractivity contribution in [3.05, 3.63) is 72.3 Å². The molecule has 10 nitrogen and oxygen atoms in total. The highest BCUT2D eigenvalue weighted by atomic mass is 32.2. The Morgan fingerprint density at radius 2 is 1.32 bits per heavy atom. The second-order valence-electron chi connectivity index (χ2n) is 6.30. The van der Waals surface area contributed by atoms with Crippen LogP contribution < -0.4 is 16.2 Å². The number of hydrogen-bond donors (Lipinski definition) is 4. The van der Waals surface area contributed by atoms with Crippen molar-refractivity contribution in [2.45, 2.75) is 9.79 Å². The highest BCUT2D eigenvalue weighted by Crippen LogP contribution is 2.26. The second-order valence-corrected chi connectivity index (χ2v) is 9.53. The third-order valence-electron chi connectivity index (χ3n) is 4.01. The molecule has 0 saturated heterocycles. The quantitative estimate of drug-likeness (QED) is 0.314. The van der Waals surface area contributed by atoms with Gasteiger partial charge in [-0.3, -0.25) is 4.72 Å². The molecule has 6 N–H and O–H groups in total.